The third kappa shape index (κ3) is 4.45. The standard InChI is InChI=1S/C17H26N2O3/c1-3-5-13-22-16-11-12-18(19(16)17(20)21-4-2)14-15-9-7-6-8-10-15/h6-10,16H,3-5,11-14H2,1-2H3. The molecule has 0 aromatic heterocycles. The molecule has 1 amide bonds. The molecule has 1 unspecified atom stereocenters. The van der Waals surface area contributed by atoms with Gasteiger partial charge in [-0.2, -0.15) is 0 Å². The Bertz CT molecular complexity index is 452. The van der Waals surface area contributed by atoms with E-state index in [0.717, 1.165) is 25.8 Å². The molecule has 1 aromatic carbocycles. The molecule has 5 nitrogen and oxygen atoms in total. The van der Waals surface area contributed by atoms with Crippen molar-refractivity contribution in [2.75, 3.05) is 19.8 Å². The van der Waals surface area contributed by atoms with Gasteiger partial charge in [-0.1, -0.05) is 43.7 Å². The van der Waals surface area contributed by atoms with Crippen molar-refractivity contribution >= 4 is 6.09 Å². The lowest BCUT2D eigenvalue weighted by Gasteiger charge is -2.31. The molecule has 0 radical (unpaired) electrons. The summed E-state index contributed by atoms with van der Waals surface area (Å²) >= 11 is 0. The molecular formula is C17H26N2O3. The van der Waals surface area contributed by atoms with Crippen LogP contribution in [-0.4, -0.2) is 42.1 Å². The van der Waals surface area contributed by atoms with Gasteiger partial charge in [0.25, 0.3) is 0 Å². The van der Waals surface area contributed by atoms with E-state index in [1.807, 2.05) is 30.1 Å². The van der Waals surface area contributed by atoms with Crippen LogP contribution < -0.4 is 0 Å². The Hall–Kier alpha value is -1.59. The summed E-state index contributed by atoms with van der Waals surface area (Å²) in [7, 11) is 0. The van der Waals surface area contributed by atoms with E-state index in [2.05, 4.69) is 19.1 Å². The number of carbonyl (C=O) groups excluding carboxylic acids is 1. The van der Waals surface area contributed by atoms with Crippen LogP contribution in [0.2, 0.25) is 0 Å². The van der Waals surface area contributed by atoms with Crippen molar-refractivity contribution in [3.63, 3.8) is 0 Å². The van der Waals surface area contributed by atoms with Gasteiger partial charge in [0.15, 0.2) is 6.23 Å². The van der Waals surface area contributed by atoms with Crippen molar-refractivity contribution in [2.45, 2.75) is 45.9 Å². The predicted octanol–water partition coefficient (Wildman–Crippen LogP) is 3.41. The van der Waals surface area contributed by atoms with E-state index in [-0.39, 0.29) is 12.3 Å². The number of rotatable bonds is 7. The topological polar surface area (TPSA) is 42.0 Å². The quantitative estimate of drug-likeness (QED) is 0.724. The van der Waals surface area contributed by atoms with Crippen LogP contribution in [0, 0.1) is 0 Å². The summed E-state index contributed by atoms with van der Waals surface area (Å²) in [5.41, 5.74) is 1.17. The molecule has 22 heavy (non-hydrogen) atoms. The SMILES string of the molecule is CCCCOC1CCN(Cc2ccccc2)N1C(=O)OCC. The number of hydrogen-bond donors (Lipinski definition) is 0. The van der Waals surface area contributed by atoms with E-state index in [9.17, 15) is 4.79 Å². The third-order valence-corrected chi connectivity index (χ3v) is 3.68. The van der Waals surface area contributed by atoms with Gasteiger partial charge in [-0.15, -0.1) is 0 Å². The minimum absolute atomic E-state index is 0.214. The van der Waals surface area contributed by atoms with Gasteiger partial charge in [0.1, 0.15) is 0 Å². The summed E-state index contributed by atoms with van der Waals surface area (Å²) in [5.74, 6) is 0. The third-order valence-electron chi connectivity index (χ3n) is 3.68. The first-order chi connectivity index (χ1) is 10.8. The Morgan fingerprint density at radius 1 is 1.27 bits per heavy atom. The van der Waals surface area contributed by atoms with Crippen molar-refractivity contribution in [2.24, 2.45) is 0 Å². The summed E-state index contributed by atoms with van der Waals surface area (Å²) in [4.78, 5) is 12.3. The van der Waals surface area contributed by atoms with E-state index >= 15 is 0 Å². The lowest BCUT2D eigenvalue weighted by atomic mass is 10.2. The zero-order valence-corrected chi connectivity index (χ0v) is 13.5. The van der Waals surface area contributed by atoms with Crippen molar-refractivity contribution < 1.29 is 14.3 Å². The molecule has 1 aromatic rings. The second-order valence-corrected chi connectivity index (χ2v) is 5.38. The van der Waals surface area contributed by atoms with Gasteiger partial charge in [0.05, 0.1) is 6.61 Å². The minimum Gasteiger partial charge on any atom is -0.449 e. The van der Waals surface area contributed by atoms with Crippen LogP contribution in [0.25, 0.3) is 0 Å². The first kappa shape index (κ1) is 16.8. The molecule has 5 heteroatoms. The monoisotopic (exact) mass is 306 g/mol. The molecule has 1 aliphatic rings. The Labute approximate surface area is 132 Å². The van der Waals surface area contributed by atoms with E-state index in [4.69, 9.17) is 9.47 Å². The number of unbranched alkanes of at least 4 members (excludes halogenated alkanes) is 1. The van der Waals surface area contributed by atoms with Gasteiger partial charge in [-0.05, 0) is 18.9 Å². The molecule has 0 N–H and O–H groups in total. The largest absolute Gasteiger partial charge is 0.449 e. The Kier molecular flexibility index (Phi) is 6.68. The van der Waals surface area contributed by atoms with Crippen LogP contribution in [0.15, 0.2) is 30.3 Å². The van der Waals surface area contributed by atoms with Crippen molar-refractivity contribution in [3.8, 4) is 0 Å². The molecule has 0 spiro atoms. The highest BCUT2D eigenvalue weighted by Gasteiger charge is 2.37. The zero-order valence-electron chi connectivity index (χ0n) is 13.5. The van der Waals surface area contributed by atoms with Crippen LogP contribution in [-0.2, 0) is 16.0 Å². The number of benzene rings is 1. The molecule has 1 saturated heterocycles. The predicted molar refractivity (Wildman–Crippen MR) is 85.0 cm³/mol. The minimum atomic E-state index is -0.322. The maximum Gasteiger partial charge on any atom is 0.426 e. The van der Waals surface area contributed by atoms with Crippen LogP contribution in [0.5, 0.6) is 0 Å². The summed E-state index contributed by atoms with van der Waals surface area (Å²) in [5, 5.41) is 3.66. The molecule has 1 fully saturated rings. The van der Waals surface area contributed by atoms with Crippen molar-refractivity contribution in [1.29, 1.82) is 0 Å². The second-order valence-electron chi connectivity index (χ2n) is 5.38. The van der Waals surface area contributed by atoms with Crippen molar-refractivity contribution in [3.05, 3.63) is 35.9 Å². The number of hydrogen-bond acceptors (Lipinski definition) is 4. The number of nitrogens with zero attached hydrogens (tertiary/aromatic N) is 2. The molecular weight excluding hydrogens is 280 g/mol. The number of hydrazine groups is 1. The highest BCUT2D eigenvalue weighted by atomic mass is 16.6. The normalized spacial score (nSPS) is 18.6. The fourth-order valence-electron chi connectivity index (χ4n) is 2.56. The van der Waals surface area contributed by atoms with Crippen molar-refractivity contribution in [1.82, 2.24) is 10.0 Å². The molecule has 1 heterocycles. The first-order valence-electron chi connectivity index (χ1n) is 8.12. The first-order valence-corrected chi connectivity index (χ1v) is 8.12. The maximum atomic E-state index is 12.3. The van der Waals surface area contributed by atoms with Gasteiger partial charge >= 0.3 is 6.09 Å². The average Bonchev–Trinajstić information content (AvgIpc) is 2.91. The Morgan fingerprint density at radius 2 is 2.05 bits per heavy atom. The maximum absolute atomic E-state index is 12.3. The lowest BCUT2D eigenvalue weighted by molar-refractivity contribution is -0.104. The van der Waals surface area contributed by atoms with Crippen LogP contribution >= 0.6 is 0 Å². The molecule has 1 aliphatic heterocycles. The van der Waals surface area contributed by atoms with Gasteiger partial charge in [-0.25, -0.2) is 14.8 Å². The van der Waals surface area contributed by atoms with E-state index in [1.54, 1.807) is 5.01 Å². The van der Waals surface area contributed by atoms with E-state index in [1.165, 1.54) is 5.56 Å². The number of carbonyl (C=O) groups is 1. The van der Waals surface area contributed by atoms with Gasteiger partial charge in [0.2, 0.25) is 0 Å². The van der Waals surface area contributed by atoms with Crippen LogP contribution in [0.1, 0.15) is 38.7 Å². The fourth-order valence-corrected chi connectivity index (χ4v) is 2.56. The fraction of sp³-hybridized carbons (Fsp3) is 0.588. The molecule has 2 rings (SSSR count). The van der Waals surface area contributed by atoms with Crippen LogP contribution in [0.3, 0.4) is 0 Å². The smallest absolute Gasteiger partial charge is 0.426 e. The highest BCUT2D eigenvalue weighted by molar-refractivity contribution is 5.67. The molecule has 0 saturated carbocycles. The average molecular weight is 306 g/mol. The lowest BCUT2D eigenvalue weighted by Crippen LogP contribution is -2.46. The zero-order chi connectivity index (χ0) is 15.8. The molecule has 0 bridgehead atoms. The van der Waals surface area contributed by atoms with Gasteiger partial charge in [-0.3, -0.25) is 0 Å². The summed E-state index contributed by atoms with van der Waals surface area (Å²) in [6, 6.07) is 10.1. The Balaban J connectivity index is 2.02. The van der Waals surface area contributed by atoms with Crippen LogP contribution in [0.4, 0.5) is 4.79 Å². The van der Waals surface area contributed by atoms with E-state index < -0.39 is 0 Å². The second kappa shape index (κ2) is 8.76. The van der Waals surface area contributed by atoms with Gasteiger partial charge < -0.3 is 9.47 Å². The number of amides is 1. The highest BCUT2D eigenvalue weighted by Crippen LogP contribution is 2.23. The summed E-state index contributed by atoms with van der Waals surface area (Å²) < 4.78 is 11.1. The molecule has 1 atom stereocenters. The Morgan fingerprint density at radius 3 is 2.73 bits per heavy atom. The number of ether oxygens (including phenoxy) is 2. The van der Waals surface area contributed by atoms with Gasteiger partial charge in [0, 0.05) is 26.1 Å². The molecule has 0 aliphatic carbocycles. The summed E-state index contributed by atoms with van der Waals surface area (Å²) in [6.07, 6.45) is 2.37. The molecule has 122 valence electrons. The summed E-state index contributed by atoms with van der Waals surface area (Å²) in [6.45, 7) is 6.48. The van der Waals surface area contributed by atoms with E-state index in [0.29, 0.717) is 19.8 Å².